The Bertz CT molecular complexity index is 808. The summed E-state index contributed by atoms with van der Waals surface area (Å²) in [7, 11) is -3.73. The van der Waals surface area contributed by atoms with Crippen LogP contribution in [-0.4, -0.2) is 27.4 Å². The largest absolute Gasteiger partial charge is 0.352 e. The summed E-state index contributed by atoms with van der Waals surface area (Å²) in [6, 6.07) is 10.0. The molecular weight excluding hydrogens is 338 g/mol. The Morgan fingerprint density at radius 2 is 1.62 bits per heavy atom. The molecule has 0 aliphatic heterocycles. The van der Waals surface area contributed by atoms with E-state index in [-0.39, 0.29) is 23.5 Å². The van der Waals surface area contributed by atoms with Crippen LogP contribution in [0.4, 0.5) is 8.78 Å². The van der Waals surface area contributed by atoms with Crippen molar-refractivity contribution >= 4 is 15.9 Å². The first-order valence-electron chi connectivity index (χ1n) is 7.18. The van der Waals surface area contributed by atoms with Crippen LogP contribution >= 0.6 is 0 Å². The lowest BCUT2D eigenvalue weighted by Crippen LogP contribution is -2.30. The lowest BCUT2D eigenvalue weighted by atomic mass is 10.2. The van der Waals surface area contributed by atoms with E-state index < -0.39 is 27.6 Å². The first-order chi connectivity index (χ1) is 11.4. The van der Waals surface area contributed by atoms with Gasteiger partial charge in [-0.15, -0.1) is 0 Å². The highest BCUT2D eigenvalue weighted by Crippen LogP contribution is 2.09. The molecule has 0 unspecified atom stereocenters. The number of carbonyl (C=O) groups is 1. The zero-order chi connectivity index (χ0) is 17.6. The minimum Gasteiger partial charge on any atom is -0.352 e. The topological polar surface area (TPSA) is 75.3 Å². The monoisotopic (exact) mass is 354 g/mol. The van der Waals surface area contributed by atoms with Gasteiger partial charge in [-0.25, -0.2) is 21.9 Å². The third kappa shape index (κ3) is 4.84. The molecule has 0 spiro atoms. The molecule has 1 amide bonds. The Hall–Kier alpha value is -2.32. The predicted octanol–water partition coefficient (Wildman–Crippen LogP) is 2.06. The number of carbonyl (C=O) groups excluding carboxylic acids is 1. The molecule has 2 N–H and O–H groups in total. The van der Waals surface area contributed by atoms with Crippen molar-refractivity contribution in [3.05, 3.63) is 65.7 Å². The van der Waals surface area contributed by atoms with Gasteiger partial charge in [-0.2, -0.15) is 0 Å². The fraction of sp³-hybridized carbons (Fsp3) is 0.188. The van der Waals surface area contributed by atoms with Gasteiger partial charge >= 0.3 is 0 Å². The van der Waals surface area contributed by atoms with Crippen LogP contribution in [0.15, 0.2) is 53.4 Å². The molecule has 0 fully saturated rings. The van der Waals surface area contributed by atoms with E-state index >= 15 is 0 Å². The van der Waals surface area contributed by atoms with Crippen LogP contribution in [0.25, 0.3) is 0 Å². The van der Waals surface area contributed by atoms with E-state index in [4.69, 9.17) is 0 Å². The van der Waals surface area contributed by atoms with Gasteiger partial charge < -0.3 is 5.32 Å². The third-order valence-electron chi connectivity index (χ3n) is 3.17. The molecule has 2 rings (SSSR count). The quantitative estimate of drug-likeness (QED) is 0.748. The fourth-order valence-electron chi connectivity index (χ4n) is 1.93. The van der Waals surface area contributed by atoms with E-state index in [1.165, 1.54) is 18.2 Å². The van der Waals surface area contributed by atoms with Crippen molar-refractivity contribution < 1.29 is 22.0 Å². The van der Waals surface area contributed by atoms with Crippen molar-refractivity contribution in [2.75, 3.05) is 13.1 Å². The number of benzene rings is 2. The van der Waals surface area contributed by atoms with Gasteiger partial charge in [-0.05, 0) is 42.8 Å². The summed E-state index contributed by atoms with van der Waals surface area (Å²) in [5.41, 5.74) is -0.0654. The van der Waals surface area contributed by atoms with Crippen LogP contribution in [0.2, 0.25) is 0 Å². The Morgan fingerprint density at radius 3 is 2.29 bits per heavy atom. The summed E-state index contributed by atoms with van der Waals surface area (Å²) in [6.45, 7) is 0.260. The van der Waals surface area contributed by atoms with Crippen LogP contribution in [0.5, 0.6) is 0 Å². The van der Waals surface area contributed by atoms with Crippen LogP contribution in [0, 0.1) is 11.6 Å². The SMILES string of the molecule is O=C(NCCCNS(=O)(=O)c1ccc(F)cc1)c1ccccc1F. The average molecular weight is 354 g/mol. The van der Waals surface area contributed by atoms with Crippen molar-refractivity contribution in [2.45, 2.75) is 11.3 Å². The molecule has 2 aromatic carbocycles. The van der Waals surface area contributed by atoms with E-state index in [0.717, 1.165) is 24.3 Å². The van der Waals surface area contributed by atoms with E-state index in [1.54, 1.807) is 6.07 Å². The zero-order valence-electron chi connectivity index (χ0n) is 12.6. The van der Waals surface area contributed by atoms with Crippen molar-refractivity contribution in [1.82, 2.24) is 10.0 Å². The molecule has 0 saturated heterocycles. The van der Waals surface area contributed by atoms with Gasteiger partial charge in [0.25, 0.3) is 5.91 Å². The standard InChI is InChI=1S/C16H16F2N2O3S/c17-12-6-8-13(9-7-12)24(22,23)20-11-3-10-19-16(21)14-4-1-2-5-15(14)18/h1-2,4-9,20H,3,10-11H2,(H,19,21). The summed E-state index contributed by atoms with van der Waals surface area (Å²) in [4.78, 5) is 11.7. The Kier molecular flexibility index (Phi) is 5.99. The van der Waals surface area contributed by atoms with Gasteiger partial charge in [0.1, 0.15) is 11.6 Å². The molecule has 0 atom stereocenters. The maximum Gasteiger partial charge on any atom is 0.254 e. The normalized spacial score (nSPS) is 11.2. The van der Waals surface area contributed by atoms with Crippen molar-refractivity contribution in [3.8, 4) is 0 Å². The molecule has 0 aromatic heterocycles. The maximum absolute atomic E-state index is 13.4. The number of rotatable bonds is 7. The van der Waals surface area contributed by atoms with Crippen LogP contribution in [0.1, 0.15) is 16.8 Å². The number of halogens is 2. The second-order valence-corrected chi connectivity index (χ2v) is 6.71. The highest BCUT2D eigenvalue weighted by molar-refractivity contribution is 7.89. The molecular formula is C16H16F2N2O3S. The lowest BCUT2D eigenvalue weighted by Gasteiger charge is -2.08. The molecule has 0 heterocycles. The van der Waals surface area contributed by atoms with Gasteiger partial charge in [0, 0.05) is 13.1 Å². The van der Waals surface area contributed by atoms with Crippen LogP contribution in [-0.2, 0) is 10.0 Å². The molecule has 0 saturated carbocycles. The number of hydrogen-bond donors (Lipinski definition) is 2. The molecule has 128 valence electrons. The smallest absolute Gasteiger partial charge is 0.254 e. The summed E-state index contributed by atoms with van der Waals surface area (Å²) < 4.78 is 52.4. The number of nitrogens with one attached hydrogen (secondary N) is 2. The first kappa shape index (κ1) is 18.0. The van der Waals surface area contributed by atoms with E-state index in [1.807, 2.05) is 0 Å². The van der Waals surface area contributed by atoms with Gasteiger partial charge in [-0.3, -0.25) is 4.79 Å². The summed E-state index contributed by atoms with van der Waals surface area (Å²) in [6.07, 6.45) is 0.320. The molecule has 2 aromatic rings. The third-order valence-corrected chi connectivity index (χ3v) is 4.65. The molecule has 0 radical (unpaired) electrons. The van der Waals surface area contributed by atoms with Gasteiger partial charge in [0.2, 0.25) is 10.0 Å². The Labute approximate surface area is 138 Å². The molecule has 24 heavy (non-hydrogen) atoms. The molecule has 8 heteroatoms. The zero-order valence-corrected chi connectivity index (χ0v) is 13.4. The molecule has 0 bridgehead atoms. The molecule has 5 nitrogen and oxygen atoms in total. The highest BCUT2D eigenvalue weighted by atomic mass is 32.2. The summed E-state index contributed by atoms with van der Waals surface area (Å²) >= 11 is 0. The summed E-state index contributed by atoms with van der Waals surface area (Å²) in [5, 5.41) is 2.51. The Morgan fingerprint density at radius 1 is 0.958 bits per heavy atom. The lowest BCUT2D eigenvalue weighted by molar-refractivity contribution is 0.0949. The number of amides is 1. The van der Waals surface area contributed by atoms with E-state index in [0.29, 0.717) is 6.42 Å². The maximum atomic E-state index is 13.4. The second-order valence-electron chi connectivity index (χ2n) is 4.94. The first-order valence-corrected chi connectivity index (χ1v) is 8.66. The Balaban J connectivity index is 1.78. The van der Waals surface area contributed by atoms with E-state index in [2.05, 4.69) is 10.0 Å². The highest BCUT2D eigenvalue weighted by Gasteiger charge is 2.13. The minimum absolute atomic E-state index is 0.0423. The van der Waals surface area contributed by atoms with E-state index in [9.17, 15) is 22.0 Å². The molecule has 0 aliphatic carbocycles. The van der Waals surface area contributed by atoms with Crippen molar-refractivity contribution in [2.24, 2.45) is 0 Å². The average Bonchev–Trinajstić information content (AvgIpc) is 2.55. The second kappa shape index (κ2) is 7.98. The fourth-order valence-corrected chi connectivity index (χ4v) is 3.01. The van der Waals surface area contributed by atoms with Crippen LogP contribution < -0.4 is 10.0 Å². The van der Waals surface area contributed by atoms with Gasteiger partial charge in [0.15, 0.2) is 0 Å². The van der Waals surface area contributed by atoms with Gasteiger partial charge in [0.05, 0.1) is 10.5 Å². The number of hydrogen-bond acceptors (Lipinski definition) is 3. The predicted molar refractivity (Wildman–Crippen MR) is 84.9 cm³/mol. The van der Waals surface area contributed by atoms with Crippen molar-refractivity contribution in [3.63, 3.8) is 0 Å². The minimum atomic E-state index is -3.73. The van der Waals surface area contributed by atoms with Gasteiger partial charge in [-0.1, -0.05) is 12.1 Å². The van der Waals surface area contributed by atoms with Crippen LogP contribution in [0.3, 0.4) is 0 Å². The molecule has 0 aliphatic rings. The van der Waals surface area contributed by atoms with Crippen molar-refractivity contribution in [1.29, 1.82) is 0 Å². The number of sulfonamides is 1. The summed E-state index contributed by atoms with van der Waals surface area (Å²) in [5.74, 6) is -1.70.